The van der Waals surface area contributed by atoms with Crippen molar-refractivity contribution in [1.82, 2.24) is 15.2 Å². The number of nitrogens with one attached hydrogen (secondary N) is 1. The van der Waals surface area contributed by atoms with Gasteiger partial charge in [-0.05, 0) is 24.5 Å². The molecular formula is C16H21N3O3. The molecule has 2 saturated heterocycles. The third-order valence-corrected chi connectivity index (χ3v) is 4.25. The van der Waals surface area contributed by atoms with Gasteiger partial charge in [0.05, 0.1) is 5.92 Å². The first-order valence-electron chi connectivity index (χ1n) is 7.77. The van der Waals surface area contributed by atoms with E-state index in [1.165, 1.54) is 0 Å². The van der Waals surface area contributed by atoms with E-state index >= 15 is 0 Å². The highest BCUT2D eigenvalue weighted by Gasteiger charge is 2.35. The molecule has 2 amide bonds. The Hall–Kier alpha value is -1.95. The van der Waals surface area contributed by atoms with Crippen LogP contribution in [-0.2, 0) is 20.9 Å². The van der Waals surface area contributed by atoms with Gasteiger partial charge in [-0.2, -0.15) is 0 Å². The van der Waals surface area contributed by atoms with Crippen molar-refractivity contribution >= 4 is 11.8 Å². The summed E-state index contributed by atoms with van der Waals surface area (Å²) in [5.41, 5.74) is 0.987. The van der Waals surface area contributed by atoms with E-state index in [1.54, 1.807) is 17.3 Å². The molecular weight excluding hydrogens is 282 g/mol. The number of aromatic nitrogens is 1. The lowest BCUT2D eigenvalue weighted by atomic mass is 10.0. The minimum atomic E-state index is -0.244. The monoisotopic (exact) mass is 303 g/mol. The molecule has 0 spiro atoms. The number of pyridine rings is 1. The summed E-state index contributed by atoms with van der Waals surface area (Å²) >= 11 is 0. The molecule has 0 radical (unpaired) electrons. The molecule has 6 nitrogen and oxygen atoms in total. The lowest BCUT2D eigenvalue weighted by Crippen LogP contribution is -2.42. The van der Waals surface area contributed by atoms with Gasteiger partial charge in [-0.1, -0.05) is 6.07 Å². The van der Waals surface area contributed by atoms with Crippen molar-refractivity contribution in [3.8, 4) is 0 Å². The zero-order chi connectivity index (χ0) is 15.4. The fourth-order valence-corrected chi connectivity index (χ4v) is 2.97. The van der Waals surface area contributed by atoms with E-state index in [-0.39, 0.29) is 23.8 Å². The predicted molar refractivity (Wildman–Crippen MR) is 79.7 cm³/mol. The van der Waals surface area contributed by atoms with Crippen LogP contribution in [0.5, 0.6) is 0 Å². The highest BCUT2D eigenvalue weighted by Crippen LogP contribution is 2.21. The van der Waals surface area contributed by atoms with Crippen LogP contribution in [0.2, 0.25) is 0 Å². The predicted octanol–water partition coefficient (Wildman–Crippen LogP) is 0.725. The molecule has 6 heteroatoms. The van der Waals surface area contributed by atoms with Crippen LogP contribution in [-0.4, -0.2) is 47.5 Å². The van der Waals surface area contributed by atoms with Gasteiger partial charge in [0.1, 0.15) is 0 Å². The van der Waals surface area contributed by atoms with E-state index in [0.29, 0.717) is 32.7 Å². The topological polar surface area (TPSA) is 71.5 Å². The van der Waals surface area contributed by atoms with Gasteiger partial charge in [-0.3, -0.25) is 14.6 Å². The van der Waals surface area contributed by atoms with Gasteiger partial charge in [0.2, 0.25) is 11.8 Å². The number of amides is 2. The normalized spacial score (nSPS) is 22.8. The number of hydrogen-bond acceptors (Lipinski definition) is 4. The van der Waals surface area contributed by atoms with Crippen molar-refractivity contribution in [2.45, 2.75) is 31.8 Å². The first kappa shape index (κ1) is 15.0. The molecule has 0 saturated carbocycles. The molecule has 1 N–H and O–H groups in total. The Morgan fingerprint density at radius 3 is 2.95 bits per heavy atom. The molecule has 2 aliphatic rings. The van der Waals surface area contributed by atoms with E-state index < -0.39 is 0 Å². The van der Waals surface area contributed by atoms with Crippen molar-refractivity contribution in [1.29, 1.82) is 0 Å². The van der Waals surface area contributed by atoms with Gasteiger partial charge < -0.3 is 15.0 Å². The van der Waals surface area contributed by atoms with Crippen LogP contribution in [0.15, 0.2) is 24.5 Å². The number of likely N-dealkylation sites (tertiary alicyclic amines) is 1. The van der Waals surface area contributed by atoms with Crippen LogP contribution < -0.4 is 5.32 Å². The molecule has 0 aliphatic carbocycles. The maximum Gasteiger partial charge on any atom is 0.225 e. The number of carbonyl (C=O) groups is 2. The average molecular weight is 303 g/mol. The Labute approximate surface area is 129 Å². The van der Waals surface area contributed by atoms with Gasteiger partial charge in [-0.15, -0.1) is 0 Å². The number of nitrogens with zero attached hydrogens (tertiary/aromatic N) is 2. The molecule has 118 valence electrons. The summed E-state index contributed by atoms with van der Waals surface area (Å²) in [6, 6.07) is 3.98. The lowest BCUT2D eigenvalue weighted by molar-refractivity contribution is -0.129. The second-order valence-corrected chi connectivity index (χ2v) is 5.93. The molecule has 2 aliphatic heterocycles. The van der Waals surface area contributed by atoms with Crippen molar-refractivity contribution in [2.24, 2.45) is 5.92 Å². The Bertz CT molecular complexity index is 529. The summed E-state index contributed by atoms with van der Waals surface area (Å²) in [5, 5.41) is 3.06. The van der Waals surface area contributed by atoms with Gasteiger partial charge >= 0.3 is 0 Å². The summed E-state index contributed by atoms with van der Waals surface area (Å²) in [6.45, 7) is 2.40. The Balaban J connectivity index is 1.53. The molecule has 2 fully saturated rings. The van der Waals surface area contributed by atoms with Crippen LogP contribution in [0.25, 0.3) is 0 Å². The molecule has 0 aromatic carbocycles. The quantitative estimate of drug-likeness (QED) is 0.890. The molecule has 3 rings (SSSR count). The van der Waals surface area contributed by atoms with E-state index in [0.717, 1.165) is 18.4 Å². The lowest BCUT2D eigenvalue weighted by Gasteiger charge is -2.24. The Morgan fingerprint density at radius 2 is 2.23 bits per heavy atom. The molecule has 22 heavy (non-hydrogen) atoms. The highest BCUT2D eigenvalue weighted by atomic mass is 16.5. The second kappa shape index (κ2) is 6.87. The maximum absolute atomic E-state index is 12.3. The second-order valence-electron chi connectivity index (χ2n) is 5.93. The zero-order valence-electron chi connectivity index (χ0n) is 12.5. The minimum Gasteiger partial charge on any atom is -0.381 e. The van der Waals surface area contributed by atoms with E-state index in [2.05, 4.69) is 10.3 Å². The van der Waals surface area contributed by atoms with Crippen LogP contribution in [0.1, 0.15) is 24.8 Å². The van der Waals surface area contributed by atoms with Gasteiger partial charge in [0.15, 0.2) is 0 Å². The zero-order valence-corrected chi connectivity index (χ0v) is 12.5. The van der Waals surface area contributed by atoms with Crippen LogP contribution >= 0.6 is 0 Å². The Morgan fingerprint density at radius 1 is 1.41 bits per heavy atom. The Kier molecular flexibility index (Phi) is 4.68. The molecule has 1 aromatic heterocycles. The summed E-state index contributed by atoms with van der Waals surface area (Å²) < 4.78 is 5.29. The largest absolute Gasteiger partial charge is 0.381 e. The smallest absolute Gasteiger partial charge is 0.225 e. The van der Waals surface area contributed by atoms with Crippen molar-refractivity contribution in [3.63, 3.8) is 0 Å². The van der Waals surface area contributed by atoms with Gasteiger partial charge in [0, 0.05) is 51.2 Å². The number of ether oxygens (including phenoxy) is 1. The molecule has 3 heterocycles. The summed E-state index contributed by atoms with van der Waals surface area (Å²) in [6.07, 6.45) is 5.47. The van der Waals surface area contributed by atoms with E-state index in [4.69, 9.17) is 4.74 Å². The highest BCUT2D eigenvalue weighted by molar-refractivity contribution is 5.89. The molecule has 0 unspecified atom stereocenters. The average Bonchev–Trinajstić information content (AvgIpc) is 2.90. The van der Waals surface area contributed by atoms with Crippen molar-refractivity contribution < 1.29 is 14.3 Å². The van der Waals surface area contributed by atoms with E-state index in [1.807, 2.05) is 12.1 Å². The third kappa shape index (κ3) is 3.62. The molecule has 1 atom stereocenters. The van der Waals surface area contributed by atoms with Crippen molar-refractivity contribution in [3.05, 3.63) is 30.1 Å². The van der Waals surface area contributed by atoms with E-state index in [9.17, 15) is 9.59 Å². The van der Waals surface area contributed by atoms with Crippen LogP contribution in [0.3, 0.4) is 0 Å². The summed E-state index contributed by atoms with van der Waals surface area (Å²) in [7, 11) is 0. The maximum atomic E-state index is 12.3. The summed E-state index contributed by atoms with van der Waals surface area (Å²) in [4.78, 5) is 30.2. The SMILES string of the molecule is O=C(NC1CCOCC1)[C@@H]1CC(=O)N(Cc2cccnc2)C1. The van der Waals surface area contributed by atoms with Crippen LogP contribution in [0, 0.1) is 5.92 Å². The number of rotatable bonds is 4. The fourth-order valence-electron chi connectivity index (χ4n) is 2.97. The fraction of sp³-hybridized carbons (Fsp3) is 0.562. The third-order valence-electron chi connectivity index (χ3n) is 4.25. The standard InChI is InChI=1S/C16H21N3O3/c20-15-8-13(16(21)18-14-3-6-22-7-4-14)11-19(15)10-12-2-1-5-17-9-12/h1-2,5,9,13-14H,3-4,6-8,10-11H2,(H,18,21)/t13-/m1/s1. The van der Waals surface area contributed by atoms with Crippen molar-refractivity contribution in [2.75, 3.05) is 19.8 Å². The first-order chi connectivity index (χ1) is 10.7. The van der Waals surface area contributed by atoms with Gasteiger partial charge in [0.25, 0.3) is 0 Å². The molecule has 0 bridgehead atoms. The minimum absolute atomic E-state index is 0.00561. The van der Waals surface area contributed by atoms with Crippen LogP contribution in [0.4, 0.5) is 0 Å². The number of carbonyl (C=O) groups excluding carboxylic acids is 2. The number of hydrogen-bond donors (Lipinski definition) is 1. The first-order valence-corrected chi connectivity index (χ1v) is 7.77. The summed E-state index contributed by atoms with van der Waals surface area (Å²) in [5.74, 6) is -0.211. The van der Waals surface area contributed by atoms with Gasteiger partial charge in [-0.25, -0.2) is 0 Å². The molecule has 1 aromatic rings.